The molecule has 0 aromatic carbocycles. The predicted molar refractivity (Wildman–Crippen MR) is 79.0 cm³/mol. The van der Waals surface area contributed by atoms with Crippen LogP contribution in [-0.2, 0) is 9.53 Å². The largest absolute Gasteiger partial charge is 0.465 e. The third-order valence-electron chi connectivity index (χ3n) is 4.59. The van der Waals surface area contributed by atoms with Crippen molar-refractivity contribution in [2.24, 2.45) is 11.8 Å². The van der Waals surface area contributed by atoms with Gasteiger partial charge >= 0.3 is 12.1 Å². The fourth-order valence-corrected chi connectivity index (χ4v) is 3.75. The molecule has 1 N–H and O–H groups in total. The smallest absolute Gasteiger partial charge is 0.408 e. The second kappa shape index (κ2) is 6.24. The summed E-state index contributed by atoms with van der Waals surface area (Å²) < 4.78 is 5.48. The van der Waals surface area contributed by atoms with Crippen LogP contribution in [-0.4, -0.2) is 40.3 Å². The molecule has 5 nitrogen and oxygen atoms in total. The monoisotopic (exact) mass is 297 g/mol. The first-order valence-electron chi connectivity index (χ1n) is 8.02. The van der Waals surface area contributed by atoms with Crippen LogP contribution in [0.4, 0.5) is 4.79 Å². The number of amides is 1. The first-order valence-corrected chi connectivity index (χ1v) is 8.02. The highest BCUT2D eigenvalue weighted by molar-refractivity contribution is 5.82. The van der Waals surface area contributed by atoms with Gasteiger partial charge in [-0.1, -0.05) is 32.1 Å². The topological polar surface area (TPSA) is 66.8 Å². The number of ether oxygens (including phenoxy) is 1. The van der Waals surface area contributed by atoms with Gasteiger partial charge in [-0.2, -0.15) is 0 Å². The summed E-state index contributed by atoms with van der Waals surface area (Å²) in [5, 5.41) is 9.37. The van der Waals surface area contributed by atoms with E-state index < -0.39 is 17.7 Å². The standard InChI is InChI=1S/C16H27NO4/c1-16(2,3)21-14(18)13-12(9-10-17(13)15(19)20)11-7-5-4-6-8-11/h11-13H,4-10H2,1-3H3,(H,19,20)/t12-,13-/m1/s1. The van der Waals surface area contributed by atoms with Crippen LogP contribution in [0.15, 0.2) is 0 Å². The molecule has 0 bridgehead atoms. The molecule has 0 unspecified atom stereocenters. The van der Waals surface area contributed by atoms with Crippen molar-refractivity contribution in [2.45, 2.75) is 70.9 Å². The minimum absolute atomic E-state index is 0.122. The highest BCUT2D eigenvalue weighted by atomic mass is 16.6. The van der Waals surface area contributed by atoms with Crippen molar-refractivity contribution in [3.8, 4) is 0 Å². The Morgan fingerprint density at radius 3 is 2.24 bits per heavy atom. The van der Waals surface area contributed by atoms with E-state index in [9.17, 15) is 14.7 Å². The van der Waals surface area contributed by atoms with Crippen LogP contribution in [0.2, 0.25) is 0 Å². The number of carbonyl (C=O) groups excluding carboxylic acids is 1. The number of rotatable bonds is 2. The van der Waals surface area contributed by atoms with Crippen LogP contribution < -0.4 is 0 Å². The Labute approximate surface area is 126 Å². The van der Waals surface area contributed by atoms with E-state index in [0.29, 0.717) is 12.5 Å². The molecule has 0 radical (unpaired) electrons. The van der Waals surface area contributed by atoms with Crippen molar-refractivity contribution >= 4 is 12.1 Å². The lowest BCUT2D eigenvalue weighted by atomic mass is 9.76. The minimum Gasteiger partial charge on any atom is -0.465 e. The summed E-state index contributed by atoms with van der Waals surface area (Å²) in [4.78, 5) is 25.2. The molecule has 2 rings (SSSR count). The van der Waals surface area contributed by atoms with Gasteiger partial charge in [0.05, 0.1) is 0 Å². The Bertz CT molecular complexity index is 396. The normalized spacial score (nSPS) is 27.7. The second-order valence-corrected chi connectivity index (χ2v) is 7.30. The number of carbonyl (C=O) groups is 2. The van der Waals surface area contributed by atoms with Crippen molar-refractivity contribution < 1.29 is 19.4 Å². The Morgan fingerprint density at radius 1 is 1.10 bits per heavy atom. The van der Waals surface area contributed by atoms with Crippen LogP contribution in [0.1, 0.15) is 59.3 Å². The van der Waals surface area contributed by atoms with Gasteiger partial charge in [0.1, 0.15) is 11.6 Å². The molecule has 0 spiro atoms. The molecule has 2 atom stereocenters. The maximum atomic E-state index is 12.5. The molecule has 0 aromatic rings. The average Bonchev–Trinajstić information content (AvgIpc) is 2.82. The quantitative estimate of drug-likeness (QED) is 0.794. The maximum absolute atomic E-state index is 12.5. The van der Waals surface area contributed by atoms with Crippen molar-refractivity contribution in [3.63, 3.8) is 0 Å². The first-order chi connectivity index (χ1) is 9.79. The zero-order valence-corrected chi connectivity index (χ0v) is 13.3. The Hall–Kier alpha value is -1.26. The number of carboxylic acid groups (broad SMARTS) is 1. The van der Waals surface area contributed by atoms with Crippen LogP contribution in [0.25, 0.3) is 0 Å². The molecule has 1 amide bonds. The van der Waals surface area contributed by atoms with E-state index >= 15 is 0 Å². The van der Waals surface area contributed by atoms with Gasteiger partial charge in [-0.3, -0.25) is 4.90 Å². The van der Waals surface area contributed by atoms with E-state index in [0.717, 1.165) is 19.3 Å². The van der Waals surface area contributed by atoms with E-state index in [1.54, 1.807) is 0 Å². The molecule has 1 aliphatic heterocycles. The van der Waals surface area contributed by atoms with Crippen molar-refractivity contribution in [2.75, 3.05) is 6.54 Å². The fourth-order valence-electron chi connectivity index (χ4n) is 3.75. The summed E-state index contributed by atoms with van der Waals surface area (Å²) in [5.41, 5.74) is -0.582. The summed E-state index contributed by atoms with van der Waals surface area (Å²) >= 11 is 0. The summed E-state index contributed by atoms with van der Waals surface area (Å²) in [5.74, 6) is 0.204. The molecule has 1 heterocycles. The summed E-state index contributed by atoms with van der Waals surface area (Å²) in [6, 6.07) is -0.621. The van der Waals surface area contributed by atoms with Crippen LogP contribution in [0.5, 0.6) is 0 Å². The maximum Gasteiger partial charge on any atom is 0.408 e. The number of likely N-dealkylation sites (tertiary alicyclic amines) is 1. The molecule has 120 valence electrons. The number of hydrogen-bond donors (Lipinski definition) is 1. The molecule has 2 aliphatic rings. The van der Waals surface area contributed by atoms with E-state index in [1.807, 2.05) is 20.8 Å². The van der Waals surface area contributed by atoms with Gasteiger partial charge < -0.3 is 9.84 Å². The lowest BCUT2D eigenvalue weighted by Crippen LogP contribution is -2.47. The van der Waals surface area contributed by atoms with Gasteiger partial charge in [0.15, 0.2) is 0 Å². The summed E-state index contributed by atoms with van der Waals surface area (Å²) in [6.45, 7) is 5.90. The van der Waals surface area contributed by atoms with Gasteiger partial charge in [-0.15, -0.1) is 0 Å². The van der Waals surface area contributed by atoms with Crippen LogP contribution in [0.3, 0.4) is 0 Å². The zero-order chi connectivity index (χ0) is 15.6. The highest BCUT2D eigenvalue weighted by Crippen LogP contribution is 2.39. The van der Waals surface area contributed by atoms with E-state index in [1.165, 1.54) is 24.2 Å². The van der Waals surface area contributed by atoms with Gasteiger partial charge in [0.25, 0.3) is 0 Å². The fraction of sp³-hybridized carbons (Fsp3) is 0.875. The van der Waals surface area contributed by atoms with E-state index in [4.69, 9.17) is 4.74 Å². The Morgan fingerprint density at radius 2 is 1.71 bits per heavy atom. The van der Waals surface area contributed by atoms with Crippen LogP contribution >= 0.6 is 0 Å². The predicted octanol–water partition coefficient (Wildman–Crippen LogP) is 3.28. The molecule has 5 heteroatoms. The van der Waals surface area contributed by atoms with Gasteiger partial charge in [0.2, 0.25) is 0 Å². The van der Waals surface area contributed by atoms with Gasteiger partial charge in [-0.25, -0.2) is 9.59 Å². The molecular formula is C16H27NO4. The lowest BCUT2D eigenvalue weighted by Gasteiger charge is -2.33. The SMILES string of the molecule is CC(C)(C)OC(=O)[C@H]1[C@@H](C2CCCCC2)CCN1C(=O)O. The highest BCUT2D eigenvalue weighted by Gasteiger charge is 2.47. The molecule has 21 heavy (non-hydrogen) atoms. The first kappa shape index (κ1) is 16.1. The number of nitrogens with zero attached hydrogens (tertiary/aromatic N) is 1. The zero-order valence-electron chi connectivity index (χ0n) is 13.3. The van der Waals surface area contributed by atoms with E-state index in [-0.39, 0.29) is 11.9 Å². The lowest BCUT2D eigenvalue weighted by molar-refractivity contribution is -0.161. The van der Waals surface area contributed by atoms with Crippen molar-refractivity contribution in [3.05, 3.63) is 0 Å². The summed E-state index contributed by atoms with van der Waals surface area (Å²) in [7, 11) is 0. The Kier molecular flexibility index (Phi) is 4.79. The number of hydrogen-bond acceptors (Lipinski definition) is 3. The molecule has 2 fully saturated rings. The molecule has 1 saturated heterocycles. The minimum atomic E-state index is -1.01. The molecule has 0 aromatic heterocycles. The number of esters is 1. The third kappa shape index (κ3) is 3.89. The molecule has 1 aliphatic carbocycles. The van der Waals surface area contributed by atoms with Crippen LogP contribution in [0, 0.1) is 11.8 Å². The third-order valence-corrected chi connectivity index (χ3v) is 4.59. The average molecular weight is 297 g/mol. The molecule has 1 saturated carbocycles. The van der Waals surface area contributed by atoms with Crippen molar-refractivity contribution in [1.29, 1.82) is 0 Å². The Balaban J connectivity index is 2.15. The second-order valence-electron chi connectivity index (χ2n) is 7.30. The van der Waals surface area contributed by atoms with Gasteiger partial charge in [0, 0.05) is 6.54 Å². The molecular weight excluding hydrogens is 270 g/mol. The van der Waals surface area contributed by atoms with E-state index in [2.05, 4.69) is 0 Å². The summed E-state index contributed by atoms with van der Waals surface area (Å²) in [6.07, 6.45) is 5.62. The van der Waals surface area contributed by atoms with Crippen molar-refractivity contribution in [1.82, 2.24) is 4.90 Å². The van der Waals surface area contributed by atoms with Gasteiger partial charge in [-0.05, 0) is 39.0 Å².